The molecule has 0 aliphatic carbocycles. The topological polar surface area (TPSA) is 64.4 Å². The van der Waals surface area contributed by atoms with Gasteiger partial charge < -0.3 is 14.6 Å². The van der Waals surface area contributed by atoms with Crippen molar-refractivity contribution < 1.29 is 14.1 Å². The summed E-state index contributed by atoms with van der Waals surface area (Å²) in [6.07, 6.45) is 0.117. The SMILES string of the molecule is Cc1ccc(NC(=O)c2cc(-c3ccc(OC(C)C)cc3)on2)cc1C. The quantitative estimate of drug-likeness (QED) is 0.703. The second-order valence-corrected chi connectivity index (χ2v) is 6.52. The van der Waals surface area contributed by atoms with Crippen LogP contribution in [0.15, 0.2) is 53.1 Å². The van der Waals surface area contributed by atoms with E-state index in [1.165, 1.54) is 5.56 Å². The molecule has 0 atom stereocenters. The molecule has 0 saturated heterocycles. The number of amides is 1. The van der Waals surface area contributed by atoms with E-state index in [0.29, 0.717) is 5.76 Å². The maximum atomic E-state index is 12.4. The van der Waals surface area contributed by atoms with Crippen LogP contribution in [0.1, 0.15) is 35.5 Å². The largest absolute Gasteiger partial charge is 0.491 e. The third kappa shape index (κ3) is 4.11. The molecule has 0 radical (unpaired) electrons. The summed E-state index contributed by atoms with van der Waals surface area (Å²) in [6.45, 7) is 7.99. The molecule has 2 aromatic carbocycles. The lowest BCUT2D eigenvalue weighted by Gasteiger charge is -2.09. The molecule has 26 heavy (non-hydrogen) atoms. The van der Waals surface area contributed by atoms with Crippen LogP contribution < -0.4 is 10.1 Å². The summed E-state index contributed by atoms with van der Waals surface area (Å²) in [4.78, 5) is 12.4. The monoisotopic (exact) mass is 350 g/mol. The average Bonchev–Trinajstić information content (AvgIpc) is 3.08. The van der Waals surface area contributed by atoms with Crippen LogP contribution >= 0.6 is 0 Å². The van der Waals surface area contributed by atoms with Gasteiger partial charge in [0.15, 0.2) is 11.5 Å². The van der Waals surface area contributed by atoms with Gasteiger partial charge in [0, 0.05) is 17.3 Å². The number of nitrogens with zero attached hydrogens (tertiary/aromatic N) is 1. The number of hydrogen-bond donors (Lipinski definition) is 1. The van der Waals surface area contributed by atoms with Crippen LogP contribution in [0.4, 0.5) is 5.69 Å². The van der Waals surface area contributed by atoms with Crippen molar-refractivity contribution in [1.29, 1.82) is 0 Å². The number of rotatable bonds is 5. The number of aromatic nitrogens is 1. The molecule has 0 bridgehead atoms. The predicted octanol–water partition coefficient (Wildman–Crippen LogP) is 5.00. The summed E-state index contributed by atoms with van der Waals surface area (Å²) in [5, 5.41) is 6.72. The van der Waals surface area contributed by atoms with E-state index in [9.17, 15) is 4.79 Å². The van der Waals surface area contributed by atoms with Gasteiger partial charge in [0.2, 0.25) is 0 Å². The van der Waals surface area contributed by atoms with E-state index in [1.54, 1.807) is 6.07 Å². The van der Waals surface area contributed by atoms with Crippen molar-refractivity contribution >= 4 is 11.6 Å². The van der Waals surface area contributed by atoms with E-state index in [-0.39, 0.29) is 17.7 Å². The normalized spacial score (nSPS) is 10.8. The van der Waals surface area contributed by atoms with Gasteiger partial charge >= 0.3 is 0 Å². The van der Waals surface area contributed by atoms with Crippen LogP contribution in [0.5, 0.6) is 5.75 Å². The second-order valence-electron chi connectivity index (χ2n) is 6.52. The molecule has 0 unspecified atom stereocenters. The van der Waals surface area contributed by atoms with E-state index in [2.05, 4.69) is 10.5 Å². The number of carbonyl (C=O) groups is 1. The highest BCUT2D eigenvalue weighted by atomic mass is 16.5. The lowest BCUT2D eigenvalue weighted by atomic mass is 10.1. The molecule has 5 nitrogen and oxygen atoms in total. The van der Waals surface area contributed by atoms with E-state index < -0.39 is 0 Å². The molecule has 0 aliphatic heterocycles. The molecule has 5 heteroatoms. The highest BCUT2D eigenvalue weighted by Crippen LogP contribution is 2.24. The van der Waals surface area contributed by atoms with E-state index in [4.69, 9.17) is 9.26 Å². The van der Waals surface area contributed by atoms with Crippen LogP contribution in [-0.4, -0.2) is 17.2 Å². The number of carbonyl (C=O) groups excluding carboxylic acids is 1. The average molecular weight is 350 g/mol. The van der Waals surface area contributed by atoms with Crippen molar-refractivity contribution in [2.75, 3.05) is 5.32 Å². The Balaban J connectivity index is 1.72. The second kappa shape index (κ2) is 7.44. The fourth-order valence-electron chi connectivity index (χ4n) is 2.50. The number of aryl methyl sites for hydroxylation is 2. The molecule has 1 amide bonds. The number of anilines is 1. The third-order valence-electron chi connectivity index (χ3n) is 4.02. The van der Waals surface area contributed by atoms with Crippen LogP contribution in [0.2, 0.25) is 0 Å². The Morgan fingerprint density at radius 2 is 1.77 bits per heavy atom. The summed E-state index contributed by atoms with van der Waals surface area (Å²) in [5.74, 6) is 1.02. The Labute approximate surface area is 153 Å². The van der Waals surface area contributed by atoms with Crippen molar-refractivity contribution in [3.63, 3.8) is 0 Å². The predicted molar refractivity (Wildman–Crippen MR) is 102 cm³/mol. The maximum Gasteiger partial charge on any atom is 0.277 e. The van der Waals surface area contributed by atoms with Crippen molar-refractivity contribution in [3.05, 3.63) is 65.4 Å². The van der Waals surface area contributed by atoms with E-state index in [1.807, 2.05) is 70.2 Å². The highest BCUT2D eigenvalue weighted by molar-refractivity contribution is 6.03. The Hall–Kier alpha value is -3.08. The molecule has 0 aliphatic rings. The van der Waals surface area contributed by atoms with Gasteiger partial charge in [0.1, 0.15) is 5.75 Å². The molecule has 1 aromatic heterocycles. The van der Waals surface area contributed by atoms with Gasteiger partial charge in [0.25, 0.3) is 5.91 Å². The van der Waals surface area contributed by atoms with Gasteiger partial charge in [-0.05, 0) is 75.2 Å². The first kappa shape index (κ1) is 17.7. The Morgan fingerprint density at radius 1 is 1.04 bits per heavy atom. The molecule has 0 fully saturated rings. The van der Waals surface area contributed by atoms with Crippen molar-refractivity contribution in [1.82, 2.24) is 5.16 Å². The molecule has 1 heterocycles. The lowest BCUT2D eigenvalue weighted by molar-refractivity contribution is 0.101. The molecule has 0 saturated carbocycles. The van der Waals surface area contributed by atoms with Gasteiger partial charge in [-0.2, -0.15) is 0 Å². The first-order chi connectivity index (χ1) is 12.4. The Bertz CT molecular complexity index is 911. The standard InChI is InChI=1S/C21H22N2O3/c1-13(2)25-18-9-6-16(7-10-18)20-12-19(23-26-20)21(24)22-17-8-5-14(3)15(4)11-17/h5-13H,1-4H3,(H,22,24). The molecular formula is C21H22N2O3. The van der Waals surface area contributed by atoms with Crippen molar-refractivity contribution in [2.45, 2.75) is 33.8 Å². The molecule has 3 rings (SSSR count). The first-order valence-electron chi connectivity index (χ1n) is 8.55. The van der Waals surface area contributed by atoms with Crippen LogP contribution in [-0.2, 0) is 0 Å². The van der Waals surface area contributed by atoms with E-state index in [0.717, 1.165) is 22.6 Å². The molecule has 134 valence electrons. The molecular weight excluding hydrogens is 328 g/mol. The van der Waals surface area contributed by atoms with Crippen molar-refractivity contribution in [3.8, 4) is 17.1 Å². The highest BCUT2D eigenvalue weighted by Gasteiger charge is 2.14. The minimum atomic E-state index is -0.303. The minimum absolute atomic E-state index is 0.117. The number of benzene rings is 2. The lowest BCUT2D eigenvalue weighted by Crippen LogP contribution is -2.12. The zero-order valence-electron chi connectivity index (χ0n) is 15.4. The molecule has 3 aromatic rings. The van der Waals surface area contributed by atoms with Gasteiger partial charge in [-0.1, -0.05) is 11.2 Å². The third-order valence-corrected chi connectivity index (χ3v) is 4.02. The van der Waals surface area contributed by atoms with E-state index >= 15 is 0 Å². The number of nitrogens with one attached hydrogen (secondary N) is 1. The molecule has 1 N–H and O–H groups in total. The van der Waals surface area contributed by atoms with Crippen LogP contribution in [0.25, 0.3) is 11.3 Å². The smallest absolute Gasteiger partial charge is 0.277 e. The summed E-state index contributed by atoms with van der Waals surface area (Å²) in [5.41, 5.74) is 4.10. The fraction of sp³-hybridized carbons (Fsp3) is 0.238. The zero-order valence-corrected chi connectivity index (χ0v) is 15.4. The first-order valence-corrected chi connectivity index (χ1v) is 8.55. The maximum absolute atomic E-state index is 12.4. The minimum Gasteiger partial charge on any atom is -0.491 e. The fourth-order valence-corrected chi connectivity index (χ4v) is 2.50. The van der Waals surface area contributed by atoms with Gasteiger partial charge in [-0.25, -0.2) is 0 Å². The number of ether oxygens (including phenoxy) is 1. The Kier molecular flexibility index (Phi) is 5.07. The van der Waals surface area contributed by atoms with Gasteiger partial charge in [0.05, 0.1) is 6.10 Å². The summed E-state index contributed by atoms with van der Waals surface area (Å²) < 4.78 is 10.9. The van der Waals surface area contributed by atoms with Crippen LogP contribution in [0, 0.1) is 13.8 Å². The summed E-state index contributed by atoms with van der Waals surface area (Å²) in [7, 11) is 0. The summed E-state index contributed by atoms with van der Waals surface area (Å²) in [6, 6.07) is 14.9. The Morgan fingerprint density at radius 3 is 2.42 bits per heavy atom. The summed E-state index contributed by atoms with van der Waals surface area (Å²) >= 11 is 0. The molecule has 0 spiro atoms. The van der Waals surface area contributed by atoms with Gasteiger partial charge in [-0.15, -0.1) is 0 Å². The number of hydrogen-bond acceptors (Lipinski definition) is 4. The van der Waals surface area contributed by atoms with Crippen LogP contribution in [0.3, 0.4) is 0 Å². The van der Waals surface area contributed by atoms with Gasteiger partial charge in [-0.3, -0.25) is 4.79 Å². The van der Waals surface area contributed by atoms with Crippen molar-refractivity contribution in [2.24, 2.45) is 0 Å². The zero-order chi connectivity index (χ0) is 18.7.